The van der Waals surface area contributed by atoms with Gasteiger partial charge >= 0.3 is 0 Å². The first kappa shape index (κ1) is 8.81. The molecule has 0 radical (unpaired) electrons. The van der Waals surface area contributed by atoms with Crippen LogP contribution in [0.2, 0.25) is 0 Å². The van der Waals surface area contributed by atoms with Crippen molar-refractivity contribution in [1.82, 2.24) is 5.32 Å². The van der Waals surface area contributed by atoms with Gasteiger partial charge in [-0.1, -0.05) is 5.11 Å². The van der Waals surface area contributed by atoms with E-state index in [2.05, 4.69) is 15.3 Å². The van der Waals surface area contributed by atoms with Gasteiger partial charge < -0.3 is 10.4 Å². The molecule has 2 fully saturated rings. The zero-order chi connectivity index (χ0) is 9.26. The van der Waals surface area contributed by atoms with E-state index in [1.807, 2.05) is 0 Å². The number of aliphatic hydroxyl groups is 1. The Kier molecular flexibility index (Phi) is 2.40. The molecule has 5 nitrogen and oxygen atoms in total. The number of fused-ring (bicyclic) bond motifs is 1. The van der Waals surface area contributed by atoms with Gasteiger partial charge in [-0.2, -0.15) is 0 Å². The van der Waals surface area contributed by atoms with Crippen LogP contribution in [-0.4, -0.2) is 30.3 Å². The summed E-state index contributed by atoms with van der Waals surface area (Å²) in [5, 5.41) is 16.6. The molecule has 4 atom stereocenters. The van der Waals surface area contributed by atoms with Gasteiger partial charge in [-0.15, -0.1) is 0 Å². The number of azide groups is 1. The van der Waals surface area contributed by atoms with Crippen molar-refractivity contribution >= 4 is 0 Å². The van der Waals surface area contributed by atoms with Crippen LogP contribution in [0.25, 0.3) is 10.4 Å². The molecular weight excluding hydrogens is 168 g/mol. The summed E-state index contributed by atoms with van der Waals surface area (Å²) in [6, 6.07) is -0.203. The number of aliphatic hydroxyl groups excluding tert-OH is 1. The molecule has 1 saturated carbocycles. The van der Waals surface area contributed by atoms with Crippen LogP contribution in [-0.2, 0) is 0 Å². The van der Waals surface area contributed by atoms with Gasteiger partial charge in [0.15, 0.2) is 0 Å². The summed E-state index contributed by atoms with van der Waals surface area (Å²) in [5.41, 5.74) is 8.31. The molecule has 13 heavy (non-hydrogen) atoms. The van der Waals surface area contributed by atoms with Gasteiger partial charge in [-0.25, -0.2) is 0 Å². The monoisotopic (exact) mass is 182 g/mol. The first-order valence-corrected chi connectivity index (χ1v) is 4.74. The van der Waals surface area contributed by atoms with Crippen LogP contribution in [0.4, 0.5) is 0 Å². The molecule has 0 aromatic carbocycles. The van der Waals surface area contributed by atoms with E-state index in [9.17, 15) is 5.11 Å². The van der Waals surface area contributed by atoms with Crippen LogP contribution in [0.15, 0.2) is 5.11 Å². The molecule has 2 rings (SSSR count). The molecule has 0 aromatic rings. The maximum Gasteiger partial charge on any atom is 0.0637 e. The lowest BCUT2D eigenvalue weighted by Gasteiger charge is -2.32. The van der Waals surface area contributed by atoms with Crippen molar-refractivity contribution in [2.75, 3.05) is 13.1 Å². The summed E-state index contributed by atoms with van der Waals surface area (Å²) < 4.78 is 0. The molecule has 72 valence electrons. The van der Waals surface area contributed by atoms with Crippen LogP contribution in [0.3, 0.4) is 0 Å². The molecule has 0 amide bonds. The van der Waals surface area contributed by atoms with Gasteiger partial charge in [0.2, 0.25) is 0 Å². The second kappa shape index (κ2) is 3.54. The zero-order valence-corrected chi connectivity index (χ0v) is 7.43. The Morgan fingerprint density at radius 2 is 2.00 bits per heavy atom. The number of rotatable bonds is 1. The highest BCUT2D eigenvalue weighted by Crippen LogP contribution is 2.34. The van der Waals surface area contributed by atoms with Crippen LogP contribution < -0.4 is 5.32 Å². The average molecular weight is 182 g/mol. The van der Waals surface area contributed by atoms with Crippen molar-refractivity contribution in [3.8, 4) is 0 Å². The third kappa shape index (κ3) is 1.63. The van der Waals surface area contributed by atoms with Crippen LogP contribution in [0, 0.1) is 11.8 Å². The quantitative estimate of drug-likeness (QED) is 0.355. The lowest BCUT2D eigenvalue weighted by atomic mass is 9.78. The van der Waals surface area contributed by atoms with E-state index >= 15 is 0 Å². The first-order chi connectivity index (χ1) is 6.31. The predicted molar refractivity (Wildman–Crippen MR) is 48.0 cm³/mol. The lowest BCUT2D eigenvalue weighted by Crippen LogP contribution is -2.37. The van der Waals surface area contributed by atoms with E-state index < -0.39 is 6.10 Å². The minimum absolute atomic E-state index is 0.203. The molecule has 1 aliphatic carbocycles. The molecule has 0 spiro atoms. The minimum atomic E-state index is -0.433. The van der Waals surface area contributed by atoms with Gasteiger partial charge in [-0.3, -0.25) is 0 Å². The summed E-state index contributed by atoms with van der Waals surface area (Å²) >= 11 is 0. The number of hydrogen-bond acceptors (Lipinski definition) is 3. The van der Waals surface area contributed by atoms with Gasteiger partial charge in [0.25, 0.3) is 0 Å². The Morgan fingerprint density at radius 1 is 1.31 bits per heavy atom. The maximum atomic E-state index is 9.65. The second-order valence-corrected chi connectivity index (χ2v) is 3.99. The molecule has 1 saturated heterocycles. The molecule has 2 aliphatic rings. The van der Waals surface area contributed by atoms with Gasteiger partial charge in [0, 0.05) is 4.91 Å². The van der Waals surface area contributed by atoms with Crippen molar-refractivity contribution in [2.24, 2.45) is 17.0 Å². The van der Waals surface area contributed by atoms with Crippen LogP contribution >= 0.6 is 0 Å². The van der Waals surface area contributed by atoms with Crippen molar-refractivity contribution in [3.63, 3.8) is 0 Å². The third-order valence-corrected chi connectivity index (χ3v) is 3.21. The first-order valence-electron chi connectivity index (χ1n) is 4.74. The highest BCUT2D eigenvalue weighted by atomic mass is 16.3. The van der Waals surface area contributed by atoms with E-state index in [-0.39, 0.29) is 6.04 Å². The Morgan fingerprint density at radius 3 is 2.69 bits per heavy atom. The lowest BCUT2D eigenvalue weighted by molar-refractivity contribution is 0.0665. The summed E-state index contributed by atoms with van der Waals surface area (Å²) in [6.07, 6.45) is 1.18. The van der Waals surface area contributed by atoms with Crippen molar-refractivity contribution in [3.05, 3.63) is 10.4 Å². The van der Waals surface area contributed by atoms with Crippen molar-refractivity contribution in [1.29, 1.82) is 0 Å². The Labute approximate surface area is 76.8 Å². The van der Waals surface area contributed by atoms with E-state index in [4.69, 9.17) is 5.53 Å². The molecule has 1 aliphatic heterocycles. The Hall–Kier alpha value is -0.770. The standard InChI is InChI=1S/C8H14N4O/c9-12-11-7-1-5-3-10-4-6(5)2-8(7)13/h5-8,10,13H,1-4H2/t5-,6+,7-,8-/m0/s1. The van der Waals surface area contributed by atoms with E-state index in [0.717, 1.165) is 25.9 Å². The van der Waals surface area contributed by atoms with E-state index in [1.54, 1.807) is 0 Å². The SMILES string of the molecule is [N-]=[N+]=N[C@H]1C[C@H]2CNC[C@H]2C[C@@H]1O. The average Bonchev–Trinajstić information content (AvgIpc) is 2.52. The fraction of sp³-hybridized carbons (Fsp3) is 1.00. The van der Waals surface area contributed by atoms with E-state index in [0.29, 0.717) is 11.8 Å². The second-order valence-electron chi connectivity index (χ2n) is 3.99. The van der Waals surface area contributed by atoms with E-state index in [1.165, 1.54) is 0 Å². The van der Waals surface area contributed by atoms with Gasteiger partial charge in [0.05, 0.1) is 12.1 Å². The highest BCUT2D eigenvalue weighted by molar-refractivity contribution is 4.94. The summed E-state index contributed by atoms with van der Waals surface area (Å²) in [5.74, 6) is 1.18. The van der Waals surface area contributed by atoms with Crippen molar-refractivity contribution in [2.45, 2.75) is 25.0 Å². The fourth-order valence-electron chi connectivity index (χ4n) is 2.46. The molecular formula is C8H14N4O. The topological polar surface area (TPSA) is 81.0 Å². The Bertz CT molecular complexity index is 238. The zero-order valence-electron chi connectivity index (χ0n) is 7.43. The summed E-state index contributed by atoms with van der Waals surface area (Å²) in [7, 11) is 0. The number of hydrogen-bond donors (Lipinski definition) is 2. The summed E-state index contributed by atoms with van der Waals surface area (Å²) in [6.45, 7) is 2.01. The minimum Gasteiger partial charge on any atom is -0.393 e. The summed E-state index contributed by atoms with van der Waals surface area (Å²) in [4.78, 5) is 2.77. The normalized spacial score (nSPS) is 43.8. The fourth-order valence-corrected chi connectivity index (χ4v) is 2.46. The number of nitrogens with one attached hydrogen (secondary N) is 1. The van der Waals surface area contributed by atoms with Crippen LogP contribution in [0.5, 0.6) is 0 Å². The molecule has 5 heteroatoms. The van der Waals surface area contributed by atoms with Crippen LogP contribution in [0.1, 0.15) is 12.8 Å². The molecule has 2 N–H and O–H groups in total. The number of nitrogens with zero attached hydrogens (tertiary/aromatic N) is 3. The molecule has 0 bridgehead atoms. The highest BCUT2D eigenvalue weighted by Gasteiger charge is 2.38. The molecule has 0 aromatic heterocycles. The maximum absolute atomic E-state index is 9.65. The van der Waals surface area contributed by atoms with Gasteiger partial charge in [0.1, 0.15) is 0 Å². The third-order valence-electron chi connectivity index (χ3n) is 3.21. The van der Waals surface area contributed by atoms with Crippen molar-refractivity contribution < 1.29 is 5.11 Å². The largest absolute Gasteiger partial charge is 0.393 e. The molecule has 0 unspecified atom stereocenters. The Balaban J connectivity index is 2.04. The van der Waals surface area contributed by atoms with Gasteiger partial charge in [-0.05, 0) is 43.3 Å². The molecule has 1 heterocycles. The predicted octanol–water partition coefficient (Wildman–Crippen LogP) is 0.656. The smallest absolute Gasteiger partial charge is 0.0637 e.